The van der Waals surface area contributed by atoms with Crippen LogP contribution in [0.5, 0.6) is 5.75 Å². The Morgan fingerprint density at radius 1 is 1.37 bits per heavy atom. The van der Waals surface area contributed by atoms with Crippen LogP contribution in [0.25, 0.3) is 0 Å². The quantitative estimate of drug-likeness (QED) is 0.660. The molecule has 0 saturated heterocycles. The number of likely N-dealkylation sites (N-methyl/N-ethyl adjacent to an activating group) is 1. The van der Waals surface area contributed by atoms with Gasteiger partial charge in [-0.05, 0) is 44.3 Å². The summed E-state index contributed by atoms with van der Waals surface area (Å²) in [5, 5.41) is 9.68. The first-order chi connectivity index (χ1) is 14.2. The normalized spacial score (nSPS) is 22.6. The van der Waals surface area contributed by atoms with Crippen LogP contribution in [0.1, 0.15) is 19.5 Å². The molecule has 3 atom stereocenters. The topological polar surface area (TPSA) is 83.0 Å². The van der Waals surface area contributed by atoms with Gasteiger partial charge in [0.15, 0.2) is 0 Å². The third kappa shape index (κ3) is 5.20. The fourth-order valence-corrected chi connectivity index (χ4v) is 5.72. The van der Waals surface area contributed by atoms with Gasteiger partial charge in [-0.2, -0.15) is 4.31 Å². The third-order valence-corrected chi connectivity index (χ3v) is 7.79. The molecule has 0 fully saturated rings. The van der Waals surface area contributed by atoms with Crippen LogP contribution in [-0.2, 0) is 16.6 Å². The van der Waals surface area contributed by atoms with Crippen LogP contribution in [0.15, 0.2) is 52.0 Å². The van der Waals surface area contributed by atoms with Gasteiger partial charge in [0.25, 0.3) is 0 Å². The zero-order valence-electron chi connectivity index (χ0n) is 17.4. The summed E-state index contributed by atoms with van der Waals surface area (Å²) >= 11 is 3.41. The van der Waals surface area contributed by atoms with E-state index in [1.165, 1.54) is 4.31 Å². The number of fused-ring (bicyclic) bond motifs is 1. The van der Waals surface area contributed by atoms with E-state index in [1.807, 2.05) is 32.2 Å². The standard InChI is InChI=1S/C21H28BrN3O4S/c1-15-11-25(16(2)14-26)30(27,28)21-8-7-17(22)10-19(21)29-20(15)13-24(3)12-18-6-4-5-9-23-18/h4-10,15-16,20,26H,11-14H2,1-3H3/t15-,16+,20-/m0/s1. The van der Waals surface area contributed by atoms with Crippen molar-refractivity contribution in [3.05, 3.63) is 52.8 Å². The molecule has 9 heteroatoms. The Kier molecular flexibility index (Phi) is 7.52. The van der Waals surface area contributed by atoms with Gasteiger partial charge >= 0.3 is 0 Å². The highest BCUT2D eigenvalue weighted by molar-refractivity contribution is 9.10. The molecule has 3 rings (SSSR count). The highest BCUT2D eigenvalue weighted by Gasteiger charge is 2.38. The molecule has 2 heterocycles. The molecular formula is C21H28BrN3O4S. The maximum Gasteiger partial charge on any atom is 0.247 e. The molecule has 1 aromatic carbocycles. The van der Waals surface area contributed by atoms with E-state index >= 15 is 0 Å². The number of sulfonamides is 1. The molecule has 0 amide bonds. The second-order valence-electron chi connectivity index (χ2n) is 7.85. The van der Waals surface area contributed by atoms with E-state index in [4.69, 9.17) is 4.74 Å². The number of hydrogen-bond donors (Lipinski definition) is 1. The predicted molar refractivity (Wildman–Crippen MR) is 119 cm³/mol. The average molecular weight is 498 g/mol. The van der Waals surface area contributed by atoms with Crippen molar-refractivity contribution >= 4 is 26.0 Å². The van der Waals surface area contributed by atoms with E-state index in [9.17, 15) is 13.5 Å². The first-order valence-electron chi connectivity index (χ1n) is 9.89. The number of aliphatic hydroxyl groups is 1. The molecule has 1 aliphatic rings. The number of benzene rings is 1. The summed E-state index contributed by atoms with van der Waals surface area (Å²) in [5.74, 6) is 0.231. The van der Waals surface area contributed by atoms with Crippen molar-refractivity contribution in [1.29, 1.82) is 0 Å². The molecule has 7 nitrogen and oxygen atoms in total. The van der Waals surface area contributed by atoms with Gasteiger partial charge in [0.2, 0.25) is 10.0 Å². The van der Waals surface area contributed by atoms with Gasteiger partial charge < -0.3 is 9.84 Å². The highest BCUT2D eigenvalue weighted by Crippen LogP contribution is 2.35. The van der Waals surface area contributed by atoms with Crippen molar-refractivity contribution in [1.82, 2.24) is 14.2 Å². The summed E-state index contributed by atoms with van der Waals surface area (Å²) in [5.41, 5.74) is 0.958. The van der Waals surface area contributed by atoms with Crippen LogP contribution in [0.2, 0.25) is 0 Å². The lowest BCUT2D eigenvalue weighted by Crippen LogP contribution is -2.49. The third-order valence-electron chi connectivity index (χ3n) is 5.28. The summed E-state index contributed by atoms with van der Waals surface area (Å²) < 4.78 is 35.0. The van der Waals surface area contributed by atoms with Gasteiger partial charge in [0.05, 0.1) is 12.3 Å². The summed E-state index contributed by atoms with van der Waals surface area (Å²) in [6.45, 7) is 4.98. The number of aromatic nitrogens is 1. The van der Waals surface area contributed by atoms with E-state index < -0.39 is 16.1 Å². The minimum atomic E-state index is -3.80. The Morgan fingerprint density at radius 2 is 2.13 bits per heavy atom. The molecule has 30 heavy (non-hydrogen) atoms. The van der Waals surface area contributed by atoms with Gasteiger partial charge in [-0.15, -0.1) is 0 Å². The molecular weight excluding hydrogens is 470 g/mol. The fourth-order valence-electron chi connectivity index (χ4n) is 3.56. The van der Waals surface area contributed by atoms with Crippen LogP contribution < -0.4 is 4.74 Å². The minimum Gasteiger partial charge on any atom is -0.487 e. The Labute approximate surface area is 186 Å². The fraction of sp³-hybridized carbons (Fsp3) is 0.476. The van der Waals surface area contributed by atoms with Gasteiger partial charge in [-0.25, -0.2) is 8.42 Å². The number of nitrogens with zero attached hydrogens (tertiary/aromatic N) is 3. The number of ether oxygens (including phenoxy) is 1. The molecule has 1 aromatic heterocycles. The van der Waals surface area contributed by atoms with Crippen molar-refractivity contribution in [2.45, 2.75) is 37.4 Å². The predicted octanol–water partition coefficient (Wildman–Crippen LogP) is 2.74. The Bertz CT molecular complexity index is 958. The number of hydrogen-bond acceptors (Lipinski definition) is 6. The van der Waals surface area contributed by atoms with Crippen molar-refractivity contribution in [2.75, 3.05) is 26.7 Å². The molecule has 164 valence electrons. The zero-order chi connectivity index (χ0) is 21.9. The van der Waals surface area contributed by atoms with E-state index in [0.717, 1.165) is 10.2 Å². The van der Waals surface area contributed by atoms with Crippen molar-refractivity contribution in [3.63, 3.8) is 0 Å². The summed E-state index contributed by atoms with van der Waals surface area (Å²) in [6.07, 6.45) is 1.53. The van der Waals surface area contributed by atoms with E-state index in [-0.39, 0.29) is 30.1 Å². The maximum absolute atomic E-state index is 13.3. The molecule has 0 bridgehead atoms. The summed E-state index contributed by atoms with van der Waals surface area (Å²) in [4.78, 5) is 6.62. The van der Waals surface area contributed by atoms with Crippen LogP contribution in [0.3, 0.4) is 0 Å². The van der Waals surface area contributed by atoms with E-state index in [2.05, 4.69) is 25.8 Å². The SMILES string of the molecule is C[C@H](CO)N1C[C@H](C)[C@H](CN(C)Cc2ccccn2)Oc2cc(Br)ccc2S1(=O)=O. The molecule has 0 spiro atoms. The minimum absolute atomic E-state index is 0.0907. The van der Waals surface area contributed by atoms with Crippen molar-refractivity contribution in [3.8, 4) is 5.75 Å². The molecule has 0 unspecified atom stereocenters. The van der Waals surface area contributed by atoms with Crippen molar-refractivity contribution < 1.29 is 18.3 Å². The van der Waals surface area contributed by atoms with Crippen LogP contribution in [0, 0.1) is 5.92 Å². The summed E-state index contributed by atoms with van der Waals surface area (Å²) in [7, 11) is -1.80. The zero-order valence-corrected chi connectivity index (χ0v) is 19.8. The smallest absolute Gasteiger partial charge is 0.247 e. The monoisotopic (exact) mass is 497 g/mol. The van der Waals surface area contributed by atoms with Crippen LogP contribution in [-0.4, -0.2) is 66.6 Å². The Hall–Kier alpha value is -1.52. The second kappa shape index (κ2) is 9.74. The second-order valence-corrected chi connectivity index (χ2v) is 10.6. The van der Waals surface area contributed by atoms with E-state index in [0.29, 0.717) is 18.8 Å². The van der Waals surface area contributed by atoms with Crippen LogP contribution >= 0.6 is 15.9 Å². The lowest BCUT2D eigenvalue weighted by Gasteiger charge is -2.37. The van der Waals surface area contributed by atoms with Gasteiger partial charge in [-0.1, -0.05) is 28.9 Å². The van der Waals surface area contributed by atoms with Gasteiger partial charge in [-0.3, -0.25) is 9.88 Å². The molecule has 0 saturated carbocycles. The van der Waals surface area contributed by atoms with Gasteiger partial charge in [0.1, 0.15) is 16.7 Å². The summed E-state index contributed by atoms with van der Waals surface area (Å²) in [6, 6.07) is 10.2. The van der Waals surface area contributed by atoms with Crippen molar-refractivity contribution in [2.24, 2.45) is 5.92 Å². The molecule has 1 N–H and O–H groups in total. The first kappa shape index (κ1) is 23.1. The number of pyridine rings is 1. The molecule has 2 aromatic rings. The van der Waals surface area contributed by atoms with Gasteiger partial charge in [0, 0.05) is 42.3 Å². The van der Waals surface area contributed by atoms with E-state index in [1.54, 1.807) is 31.3 Å². The lowest BCUT2D eigenvalue weighted by molar-refractivity contribution is 0.0730. The lowest BCUT2D eigenvalue weighted by atomic mass is 10.0. The molecule has 1 aliphatic heterocycles. The average Bonchev–Trinajstić information content (AvgIpc) is 2.70. The number of halogens is 1. The molecule has 0 radical (unpaired) electrons. The Balaban J connectivity index is 1.92. The first-order valence-corrected chi connectivity index (χ1v) is 12.1. The number of rotatable bonds is 6. The maximum atomic E-state index is 13.3. The van der Waals surface area contributed by atoms with Crippen LogP contribution in [0.4, 0.5) is 0 Å². The largest absolute Gasteiger partial charge is 0.487 e. The highest BCUT2D eigenvalue weighted by atomic mass is 79.9. The Morgan fingerprint density at radius 3 is 2.80 bits per heavy atom. The molecule has 0 aliphatic carbocycles. The number of aliphatic hydroxyl groups excluding tert-OH is 1.